The van der Waals surface area contributed by atoms with Crippen molar-refractivity contribution in [2.75, 3.05) is 6.54 Å². The van der Waals surface area contributed by atoms with Crippen molar-refractivity contribution in [1.82, 2.24) is 15.1 Å². The van der Waals surface area contributed by atoms with E-state index in [2.05, 4.69) is 62.4 Å². The lowest BCUT2D eigenvalue weighted by Crippen LogP contribution is -2.25. The highest BCUT2D eigenvalue weighted by atomic mass is 79.9. The zero-order valence-corrected chi connectivity index (χ0v) is 13.1. The van der Waals surface area contributed by atoms with Crippen molar-refractivity contribution in [3.8, 4) is 0 Å². The molecule has 2 aromatic rings. The molecule has 0 amide bonds. The van der Waals surface area contributed by atoms with Gasteiger partial charge in [-0.15, -0.1) is 11.3 Å². The number of aryl methyl sites for hydroxylation is 1. The summed E-state index contributed by atoms with van der Waals surface area (Å²) in [5.74, 6) is 0. The molecule has 0 aliphatic carbocycles. The van der Waals surface area contributed by atoms with Crippen LogP contribution in [-0.4, -0.2) is 16.3 Å². The molecule has 2 rings (SSSR count). The lowest BCUT2D eigenvalue weighted by atomic mass is 10.1. The van der Waals surface area contributed by atoms with E-state index in [0.717, 1.165) is 24.0 Å². The number of aromatic nitrogens is 2. The summed E-state index contributed by atoms with van der Waals surface area (Å²) in [6.45, 7) is 6.11. The first-order valence-corrected chi connectivity index (χ1v) is 7.90. The predicted octanol–water partition coefficient (Wildman–Crippen LogP) is 3.62. The zero-order chi connectivity index (χ0) is 13.0. The Morgan fingerprint density at radius 2 is 2.33 bits per heavy atom. The van der Waals surface area contributed by atoms with Gasteiger partial charge in [-0.25, -0.2) is 0 Å². The Balaban J connectivity index is 2.25. The summed E-state index contributed by atoms with van der Waals surface area (Å²) in [6, 6.07) is 4.61. The quantitative estimate of drug-likeness (QED) is 0.878. The Kier molecular flexibility index (Phi) is 4.97. The lowest BCUT2D eigenvalue weighted by Gasteiger charge is -2.19. The van der Waals surface area contributed by atoms with Crippen LogP contribution in [0.2, 0.25) is 0 Å². The molecule has 1 unspecified atom stereocenters. The van der Waals surface area contributed by atoms with Gasteiger partial charge in [0.05, 0.1) is 22.4 Å². The van der Waals surface area contributed by atoms with Crippen molar-refractivity contribution in [1.29, 1.82) is 0 Å². The van der Waals surface area contributed by atoms with Crippen LogP contribution in [-0.2, 0) is 13.0 Å². The average Bonchev–Trinajstić information content (AvgIpc) is 2.98. The van der Waals surface area contributed by atoms with Gasteiger partial charge in [0.1, 0.15) is 0 Å². The Morgan fingerprint density at radius 1 is 1.50 bits per heavy atom. The molecular formula is C13H18BrN3S. The summed E-state index contributed by atoms with van der Waals surface area (Å²) in [4.78, 5) is 1.40. The summed E-state index contributed by atoms with van der Waals surface area (Å²) >= 11 is 5.42. The smallest absolute Gasteiger partial charge is 0.0699 e. The SMILES string of the molecule is CCNC(Cc1cccs1)c1c(Br)cnn1CC. The number of nitrogens with one attached hydrogen (secondary N) is 1. The van der Waals surface area contributed by atoms with Gasteiger partial charge in [-0.05, 0) is 40.8 Å². The zero-order valence-electron chi connectivity index (χ0n) is 10.7. The largest absolute Gasteiger partial charge is 0.309 e. The van der Waals surface area contributed by atoms with Gasteiger partial charge in [0.15, 0.2) is 0 Å². The molecule has 2 heterocycles. The van der Waals surface area contributed by atoms with Crippen molar-refractivity contribution >= 4 is 27.3 Å². The molecule has 0 radical (unpaired) electrons. The average molecular weight is 328 g/mol. The van der Waals surface area contributed by atoms with Crippen LogP contribution in [0.3, 0.4) is 0 Å². The van der Waals surface area contributed by atoms with Crippen LogP contribution in [0, 0.1) is 0 Å². The van der Waals surface area contributed by atoms with Gasteiger partial charge in [-0.3, -0.25) is 4.68 Å². The van der Waals surface area contributed by atoms with E-state index in [1.807, 2.05) is 17.5 Å². The van der Waals surface area contributed by atoms with Crippen molar-refractivity contribution in [3.05, 3.63) is 38.8 Å². The van der Waals surface area contributed by atoms with Gasteiger partial charge in [0, 0.05) is 17.8 Å². The van der Waals surface area contributed by atoms with Crippen LogP contribution in [0.5, 0.6) is 0 Å². The summed E-state index contributed by atoms with van der Waals surface area (Å²) in [7, 11) is 0. The number of likely N-dealkylation sites (N-methyl/N-ethyl adjacent to an activating group) is 1. The second-order valence-electron chi connectivity index (χ2n) is 4.09. The Labute approximate surface area is 120 Å². The molecule has 0 saturated heterocycles. The molecule has 0 aliphatic rings. The maximum absolute atomic E-state index is 4.40. The molecule has 3 nitrogen and oxygen atoms in total. The van der Waals surface area contributed by atoms with Gasteiger partial charge in [-0.2, -0.15) is 5.10 Å². The number of halogens is 1. The number of thiophene rings is 1. The third-order valence-electron chi connectivity index (χ3n) is 2.90. The predicted molar refractivity (Wildman–Crippen MR) is 80.0 cm³/mol. The van der Waals surface area contributed by atoms with Crippen molar-refractivity contribution < 1.29 is 0 Å². The molecule has 98 valence electrons. The molecule has 0 aliphatic heterocycles. The summed E-state index contributed by atoms with van der Waals surface area (Å²) in [5.41, 5.74) is 1.24. The summed E-state index contributed by atoms with van der Waals surface area (Å²) in [5, 5.41) is 10.1. The molecule has 18 heavy (non-hydrogen) atoms. The van der Waals surface area contributed by atoms with Crippen LogP contribution < -0.4 is 5.32 Å². The third-order valence-corrected chi connectivity index (χ3v) is 4.41. The van der Waals surface area contributed by atoms with E-state index < -0.39 is 0 Å². The van der Waals surface area contributed by atoms with E-state index >= 15 is 0 Å². The van der Waals surface area contributed by atoms with E-state index in [0.29, 0.717) is 6.04 Å². The number of hydrogen-bond donors (Lipinski definition) is 1. The fourth-order valence-electron chi connectivity index (χ4n) is 2.11. The van der Waals surface area contributed by atoms with Crippen molar-refractivity contribution in [2.45, 2.75) is 32.9 Å². The number of nitrogens with zero attached hydrogens (tertiary/aromatic N) is 2. The molecular weight excluding hydrogens is 310 g/mol. The first kappa shape index (κ1) is 13.8. The molecule has 0 aromatic carbocycles. The Bertz CT molecular complexity index is 478. The van der Waals surface area contributed by atoms with E-state index in [4.69, 9.17) is 0 Å². The molecule has 5 heteroatoms. The van der Waals surface area contributed by atoms with Gasteiger partial charge in [0.2, 0.25) is 0 Å². The second kappa shape index (κ2) is 6.50. The monoisotopic (exact) mass is 327 g/mol. The van der Waals surface area contributed by atoms with Gasteiger partial charge >= 0.3 is 0 Å². The minimum atomic E-state index is 0.311. The lowest BCUT2D eigenvalue weighted by molar-refractivity contribution is 0.491. The Hall–Kier alpha value is -0.650. The van der Waals surface area contributed by atoms with E-state index in [-0.39, 0.29) is 0 Å². The van der Waals surface area contributed by atoms with Crippen LogP contribution in [0.4, 0.5) is 0 Å². The minimum Gasteiger partial charge on any atom is -0.309 e. The molecule has 1 N–H and O–H groups in total. The minimum absolute atomic E-state index is 0.311. The van der Waals surface area contributed by atoms with Gasteiger partial charge < -0.3 is 5.32 Å². The number of rotatable bonds is 6. The fraction of sp³-hybridized carbons (Fsp3) is 0.462. The highest BCUT2D eigenvalue weighted by Gasteiger charge is 2.19. The topological polar surface area (TPSA) is 29.9 Å². The van der Waals surface area contributed by atoms with Gasteiger partial charge in [-0.1, -0.05) is 13.0 Å². The summed E-state index contributed by atoms with van der Waals surface area (Å²) in [6.07, 6.45) is 2.90. The number of hydrogen-bond acceptors (Lipinski definition) is 3. The first-order valence-electron chi connectivity index (χ1n) is 6.23. The van der Waals surface area contributed by atoms with E-state index in [9.17, 15) is 0 Å². The standard InChI is InChI=1S/C13H18BrN3S/c1-3-15-12(8-10-6-5-7-18-10)13-11(14)9-16-17(13)4-2/h5-7,9,12,15H,3-4,8H2,1-2H3. The van der Waals surface area contributed by atoms with Crippen molar-refractivity contribution in [2.24, 2.45) is 0 Å². The Morgan fingerprint density at radius 3 is 2.94 bits per heavy atom. The molecule has 2 aromatic heterocycles. The maximum atomic E-state index is 4.40. The third kappa shape index (κ3) is 3.02. The van der Waals surface area contributed by atoms with Crippen LogP contribution in [0.15, 0.2) is 28.2 Å². The highest BCUT2D eigenvalue weighted by molar-refractivity contribution is 9.10. The van der Waals surface area contributed by atoms with Crippen molar-refractivity contribution in [3.63, 3.8) is 0 Å². The molecule has 0 spiro atoms. The van der Waals surface area contributed by atoms with Crippen LogP contribution in [0.1, 0.15) is 30.5 Å². The summed E-state index contributed by atoms with van der Waals surface area (Å²) < 4.78 is 3.15. The van der Waals surface area contributed by atoms with Gasteiger partial charge in [0.25, 0.3) is 0 Å². The second-order valence-corrected chi connectivity index (χ2v) is 5.97. The first-order chi connectivity index (χ1) is 8.76. The molecule has 0 fully saturated rings. The van der Waals surface area contributed by atoms with E-state index in [1.165, 1.54) is 10.6 Å². The molecule has 1 atom stereocenters. The van der Waals surface area contributed by atoms with E-state index in [1.54, 1.807) is 0 Å². The highest BCUT2D eigenvalue weighted by Crippen LogP contribution is 2.27. The van der Waals surface area contributed by atoms with Crippen LogP contribution in [0.25, 0.3) is 0 Å². The molecule has 0 saturated carbocycles. The fourth-order valence-corrected chi connectivity index (χ4v) is 3.44. The normalized spacial score (nSPS) is 12.8. The molecule has 0 bridgehead atoms. The maximum Gasteiger partial charge on any atom is 0.0699 e. The van der Waals surface area contributed by atoms with Crippen LogP contribution >= 0.6 is 27.3 Å².